The lowest BCUT2D eigenvalue weighted by Gasteiger charge is -2.25. The van der Waals surface area contributed by atoms with Crippen LogP contribution in [0.1, 0.15) is 71.1 Å². The van der Waals surface area contributed by atoms with Gasteiger partial charge in [0.05, 0.1) is 28.3 Å². The van der Waals surface area contributed by atoms with Crippen LogP contribution in [0.15, 0.2) is 140 Å². The molecule has 53 heavy (non-hydrogen) atoms. The van der Waals surface area contributed by atoms with Crippen LogP contribution in [0, 0.1) is 12.3 Å². The minimum absolute atomic E-state index is 0.884. The zero-order chi connectivity index (χ0) is 35.7. The molecular weight excluding hydrogens is 641 g/mol. The molecule has 2 nitrogen and oxygen atoms in total. The largest absolute Gasteiger partial charge is 0.308 e. The minimum Gasteiger partial charge on any atom is -0.308 e. The topological polar surface area (TPSA) is 9.86 Å². The van der Waals surface area contributed by atoms with Crippen molar-refractivity contribution in [3.8, 4) is 29.2 Å². The predicted molar refractivity (Wildman–Crippen MR) is 228 cm³/mol. The summed E-state index contributed by atoms with van der Waals surface area (Å²) in [6, 6.07) is 37.1. The van der Waals surface area contributed by atoms with Crippen LogP contribution < -0.4 is 0 Å². The van der Waals surface area contributed by atoms with Crippen LogP contribution in [0.3, 0.4) is 0 Å². The summed E-state index contributed by atoms with van der Waals surface area (Å²) in [7, 11) is 0. The van der Waals surface area contributed by atoms with E-state index in [0.717, 1.165) is 65.0 Å². The molecule has 0 unspecified atom stereocenters. The number of para-hydroxylation sites is 2. The van der Waals surface area contributed by atoms with E-state index in [-0.39, 0.29) is 0 Å². The fourth-order valence-electron chi connectivity index (χ4n) is 8.43. The first-order chi connectivity index (χ1) is 26.2. The average Bonchev–Trinajstić information content (AvgIpc) is 3.40. The van der Waals surface area contributed by atoms with Crippen molar-refractivity contribution in [1.82, 2.24) is 9.13 Å². The van der Waals surface area contributed by atoms with Gasteiger partial charge in [0.2, 0.25) is 0 Å². The zero-order valence-electron chi connectivity index (χ0n) is 30.0. The zero-order valence-corrected chi connectivity index (χ0v) is 30.0. The van der Waals surface area contributed by atoms with Gasteiger partial charge in [0, 0.05) is 38.9 Å². The van der Waals surface area contributed by atoms with Gasteiger partial charge in [0.25, 0.3) is 0 Å². The second-order valence-electron chi connectivity index (χ2n) is 13.8. The summed E-state index contributed by atoms with van der Waals surface area (Å²) in [5, 5.41) is 1.31. The molecule has 0 spiro atoms. The second kappa shape index (κ2) is 13.9. The SMILES string of the molecule is C#C/C=C(\C(=C(/C)c1cccc(-c2ccccc2)c1-n1c2c(c3ccccc31)CCC=C2)n1c2c(c3c1C=CCC=C3)C=CCC=C2)c1ccccc1. The molecule has 2 heteroatoms. The number of aromatic nitrogens is 2. The molecule has 0 amide bonds. The summed E-state index contributed by atoms with van der Waals surface area (Å²) >= 11 is 0. The Kier molecular flexibility index (Phi) is 8.47. The number of hydrogen-bond acceptors (Lipinski definition) is 0. The first kappa shape index (κ1) is 32.4. The summed E-state index contributed by atoms with van der Waals surface area (Å²) in [4.78, 5) is 0. The van der Waals surface area contributed by atoms with Crippen molar-refractivity contribution in [1.29, 1.82) is 0 Å². The number of nitrogens with zero attached hydrogens (tertiary/aromatic N) is 2. The Morgan fingerprint density at radius 3 is 2.02 bits per heavy atom. The highest BCUT2D eigenvalue weighted by atomic mass is 15.0. The highest BCUT2D eigenvalue weighted by Gasteiger charge is 2.28. The maximum atomic E-state index is 6.25. The van der Waals surface area contributed by atoms with Crippen molar-refractivity contribution in [3.63, 3.8) is 0 Å². The molecular formula is C51H40N2. The van der Waals surface area contributed by atoms with E-state index in [9.17, 15) is 0 Å². The summed E-state index contributed by atoms with van der Waals surface area (Å²) in [6.07, 6.45) is 34.9. The van der Waals surface area contributed by atoms with Crippen LogP contribution in [0.2, 0.25) is 0 Å². The first-order valence-corrected chi connectivity index (χ1v) is 18.6. The van der Waals surface area contributed by atoms with Gasteiger partial charge in [-0.1, -0.05) is 146 Å². The van der Waals surface area contributed by atoms with E-state index in [1.54, 1.807) is 0 Å². The third-order valence-corrected chi connectivity index (χ3v) is 10.7. The molecule has 3 aliphatic carbocycles. The molecule has 0 bridgehead atoms. The average molecular weight is 681 g/mol. The molecule has 0 radical (unpaired) electrons. The molecule has 0 atom stereocenters. The van der Waals surface area contributed by atoms with E-state index in [2.05, 4.69) is 186 Å². The van der Waals surface area contributed by atoms with Crippen molar-refractivity contribution < 1.29 is 0 Å². The quantitative estimate of drug-likeness (QED) is 0.122. The Morgan fingerprint density at radius 2 is 1.30 bits per heavy atom. The molecule has 0 saturated heterocycles. The van der Waals surface area contributed by atoms with Crippen LogP contribution in [-0.4, -0.2) is 9.13 Å². The van der Waals surface area contributed by atoms with Gasteiger partial charge in [-0.3, -0.25) is 0 Å². The first-order valence-electron chi connectivity index (χ1n) is 18.6. The summed E-state index contributed by atoms with van der Waals surface area (Å²) in [5.41, 5.74) is 17.6. The molecule has 0 saturated carbocycles. The normalized spacial score (nSPS) is 15.0. The fourth-order valence-corrected chi connectivity index (χ4v) is 8.43. The highest BCUT2D eigenvalue weighted by Crippen LogP contribution is 2.45. The number of allylic oxidation sites excluding steroid dienone is 9. The fraction of sp³-hybridized carbons (Fsp3) is 0.0980. The van der Waals surface area contributed by atoms with Gasteiger partial charge in [0.15, 0.2) is 0 Å². The molecule has 9 rings (SSSR count). The maximum absolute atomic E-state index is 6.25. The van der Waals surface area contributed by atoms with Gasteiger partial charge in [-0.2, -0.15) is 0 Å². The van der Waals surface area contributed by atoms with Crippen LogP contribution in [0.4, 0.5) is 0 Å². The van der Waals surface area contributed by atoms with Crippen molar-refractivity contribution >= 4 is 58.1 Å². The molecule has 0 fully saturated rings. The Morgan fingerprint density at radius 1 is 0.660 bits per heavy atom. The minimum atomic E-state index is 0.884. The van der Waals surface area contributed by atoms with Gasteiger partial charge in [-0.05, 0) is 85.2 Å². The summed E-state index contributed by atoms with van der Waals surface area (Å²) in [6.45, 7) is 2.29. The number of aryl methyl sites for hydroxylation is 1. The maximum Gasteiger partial charge on any atom is 0.0616 e. The van der Waals surface area contributed by atoms with Gasteiger partial charge in [0.1, 0.15) is 0 Å². The Labute approximate surface area is 312 Å². The van der Waals surface area contributed by atoms with Crippen molar-refractivity contribution in [2.24, 2.45) is 0 Å². The summed E-state index contributed by atoms with van der Waals surface area (Å²) in [5.74, 6) is 2.96. The lowest BCUT2D eigenvalue weighted by atomic mass is 9.91. The molecule has 4 aromatic carbocycles. The van der Waals surface area contributed by atoms with E-state index in [4.69, 9.17) is 6.42 Å². The number of fused-ring (bicyclic) bond motifs is 6. The van der Waals surface area contributed by atoms with Crippen LogP contribution >= 0.6 is 0 Å². The van der Waals surface area contributed by atoms with Crippen molar-refractivity contribution in [3.05, 3.63) is 184 Å². The lowest BCUT2D eigenvalue weighted by molar-refractivity contribution is 0.967. The van der Waals surface area contributed by atoms with Crippen molar-refractivity contribution in [2.45, 2.75) is 32.6 Å². The Hall–Kier alpha value is -6.56. The Bertz CT molecular complexity index is 2600. The molecule has 2 aromatic heterocycles. The highest BCUT2D eigenvalue weighted by molar-refractivity contribution is 6.12. The van der Waals surface area contributed by atoms with Gasteiger partial charge >= 0.3 is 0 Å². The van der Waals surface area contributed by atoms with E-state index < -0.39 is 0 Å². The van der Waals surface area contributed by atoms with E-state index in [1.165, 1.54) is 50.1 Å². The number of rotatable bonds is 6. The van der Waals surface area contributed by atoms with Crippen molar-refractivity contribution in [2.75, 3.05) is 0 Å². The number of benzene rings is 4. The van der Waals surface area contributed by atoms with Gasteiger partial charge < -0.3 is 9.13 Å². The molecule has 0 aliphatic heterocycles. The summed E-state index contributed by atoms with van der Waals surface area (Å²) < 4.78 is 4.99. The van der Waals surface area contributed by atoms with E-state index in [0.29, 0.717) is 0 Å². The molecule has 3 aliphatic rings. The lowest BCUT2D eigenvalue weighted by Crippen LogP contribution is -2.10. The third kappa shape index (κ3) is 5.54. The van der Waals surface area contributed by atoms with E-state index >= 15 is 0 Å². The van der Waals surface area contributed by atoms with Gasteiger partial charge in [-0.25, -0.2) is 0 Å². The number of hydrogen-bond donors (Lipinski definition) is 0. The second-order valence-corrected chi connectivity index (χ2v) is 13.8. The van der Waals surface area contributed by atoms with Crippen LogP contribution in [0.5, 0.6) is 0 Å². The number of terminal acetylenes is 1. The monoisotopic (exact) mass is 680 g/mol. The molecule has 6 aromatic rings. The molecule has 2 heterocycles. The Balaban J connectivity index is 1.46. The smallest absolute Gasteiger partial charge is 0.0616 e. The predicted octanol–water partition coefficient (Wildman–Crippen LogP) is 13.0. The van der Waals surface area contributed by atoms with Gasteiger partial charge in [-0.15, -0.1) is 6.42 Å². The van der Waals surface area contributed by atoms with Crippen LogP contribution in [0.25, 0.3) is 74.9 Å². The van der Waals surface area contributed by atoms with E-state index in [1.807, 2.05) is 6.08 Å². The standard InChI is InChI=1S/C51H40N2/c1-3-21-40(37-22-8-4-9-23-37)50(52-46-32-14-6-12-26-42(46)43-27-13-7-15-33-47(43)52)36(2)39-30-20-31-41(38-24-10-5-11-25-38)51(39)53-48-34-18-16-28-44(48)45-29-17-19-35-49(45)53/h1,4-5,8-16,18-28,30-35H,6-7,17,29H2,2H3/b40-21-,50-36-. The third-order valence-electron chi connectivity index (χ3n) is 10.7. The molecule has 0 N–H and O–H groups in total. The molecule has 254 valence electrons. The van der Waals surface area contributed by atoms with Crippen LogP contribution in [-0.2, 0) is 6.42 Å².